The fraction of sp³-hybridized carbons (Fsp3) is 0.625. The zero-order chi connectivity index (χ0) is 10.0. The van der Waals surface area contributed by atoms with E-state index in [1.807, 2.05) is 0 Å². The molecular weight excluding hydrogens is 170 g/mol. The summed E-state index contributed by atoms with van der Waals surface area (Å²) in [5.74, 6) is 0. The first-order chi connectivity index (χ1) is 6.07. The molecule has 0 amide bonds. The van der Waals surface area contributed by atoms with Gasteiger partial charge in [-0.25, -0.2) is 4.79 Å². The molecule has 1 aromatic rings. The minimum atomic E-state index is -0.635. The van der Waals surface area contributed by atoms with Crippen molar-refractivity contribution in [3.8, 4) is 0 Å². The van der Waals surface area contributed by atoms with Crippen molar-refractivity contribution in [1.82, 2.24) is 14.5 Å². The molecule has 0 bridgehead atoms. The van der Waals surface area contributed by atoms with Gasteiger partial charge in [0.1, 0.15) is 6.10 Å². The Bertz CT molecular complexity index is 340. The van der Waals surface area contributed by atoms with Gasteiger partial charge in [-0.3, -0.25) is 4.57 Å². The van der Waals surface area contributed by atoms with Crippen LogP contribution >= 0.6 is 0 Å². The second kappa shape index (κ2) is 3.76. The van der Waals surface area contributed by atoms with Gasteiger partial charge < -0.3 is 15.0 Å². The summed E-state index contributed by atoms with van der Waals surface area (Å²) in [6, 6.07) is 0. The lowest BCUT2D eigenvalue weighted by Crippen LogP contribution is -2.23. The van der Waals surface area contributed by atoms with E-state index in [1.54, 1.807) is 27.3 Å². The summed E-state index contributed by atoms with van der Waals surface area (Å²) >= 11 is 0. The molecule has 1 aromatic heterocycles. The summed E-state index contributed by atoms with van der Waals surface area (Å²) in [6.45, 7) is 0.442. The molecule has 5 nitrogen and oxygen atoms in total. The molecule has 0 aromatic carbocycles. The third-order valence-corrected chi connectivity index (χ3v) is 2.04. The molecule has 0 radical (unpaired) electrons. The van der Waals surface area contributed by atoms with Gasteiger partial charge in [0.15, 0.2) is 0 Å². The molecular formula is C8H15N3O2. The number of hydrogen-bond donors (Lipinski definition) is 2. The molecule has 5 heteroatoms. The molecule has 0 saturated carbocycles. The van der Waals surface area contributed by atoms with E-state index < -0.39 is 6.10 Å². The van der Waals surface area contributed by atoms with Gasteiger partial charge in [0.2, 0.25) is 0 Å². The number of aliphatic hydroxyl groups excluding tert-OH is 1. The van der Waals surface area contributed by atoms with Crippen molar-refractivity contribution in [2.75, 3.05) is 13.6 Å². The summed E-state index contributed by atoms with van der Waals surface area (Å²) in [5.41, 5.74) is 0.506. The van der Waals surface area contributed by atoms with E-state index >= 15 is 0 Å². The monoisotopic (exact) mass is 185 g/mol. The summed E-state index contributed by atoms with van der Waals surface area (Å²) in [7, 11) is 5.07. The highest BCUT2D eigenvalue weighted by Crippen LogP contribution is 2.07. The van der Waals surface area contributed by atoms with Crippen LogP contribution in [0.15, 0.2) is 11.0 Å². The fourth-order valence-electron chi connectivity index (χ4n) is 1.29. The molecule has 2 N–H and O–H groups in total. The maximum atomic E-state index is 11.3. The van der Waals surface area contributed by atoms with Gasteiger partial charge in [0.25, 0.3) is 0 Å². The Labute approximate surface area is 76.6 Å². The first kappa shape index (κ1) is 10.0. The van der Waals surface area contributed by atoms with E-state index in [2.05, 4.69) is 5.32 Å². The standard InChI is InChI=1S/C8H15N3O2/c1-9-4-7(12)6-5-10(2)8(13)11(6)3/h5,7,9,12H,4H2,1-3H3. The maximum absolute atomic E-state index is 11.3. The molecule has 13 heavy (non-hydrogen) atoms. The van der Waals surface area contributed by atoms with Gasteiger partial charge in [-0.1, -0.05) is 0 Å². The molecule has 1 unspecified atom stereocenters. The van der Waals surface area contributed by atoms with Gasteiger partial charge in [0.05, 0.1) is 5.69 Å². The molecule has 0 aliphatic rings. The first-order valence-corrected chi connectivity index (χ1v) is 4.12. The Morgan fingerprint density at radius 2 is 2.23 bits per heavy atom. The number of nitrogens with one attached hydrogen (secondary N) is 1. The zero-order valence-electron chi connectivity index (χ0n) is 8.11. The predicted octanol–water partition coefficient (Wildman–Crippen LogP) is -1.02. The van der Waals surface area contributed by atoms with Crippen LogP contribution in [-0.2, 0) is 14.1 Å². The lowest BCUT2D eigenvalue weighted by molar-refractivity contribution is 0.169. The number of nitrogens with zero attached hydrogens (tertiary/aromatic N) is 2. The van der Waals surface area contributed by atoms with Crippen LogP contribution in [-0.4, -0.2) is 27.8 Å². The summed E-state index contributed by atoms with van der Waals surface area (Å²) in [4.78, 5) is 11.3. The Morgan fingerprint density at radius 1 is 1.62 bits per heavy atom. The van der Waals surface area contributed by atoms with Gasteiger partial charge >= 0.3 is 5.69 Å². The molecule has 0 aliphatic heterocycles. The molecule has 1 rings (SSSR count). The molecule has 0 spiro atoms. The number of aryl methyl sites for hydroxylation is 1. The van der Waals surface area contributed by atoms with Crippen molar-refractivity contribution in [2.24, 2.45) is 14.1 Å². The Kier molecular flexibility index (Phi) is 2.90. The third kappa shape index (κ3) is 1.81. The first-order valence-electron chi connectivity index (χ1n) is 4.12. The van der Waals surface area contributed by atoms with Crippen LogP contribution < -0.4 is 11.0 Å². The summed E-state index contributed by atoms with van der Waals surface area (Å²) in [6.07, 6.45) is 1.01. The van der Waals surface area contributed by atoms with Crippen molar-refractivity contribution in [3.63, 3.8) is 0 Å². The molecule has 0 aliphatic carbocycles. The fourth-order valence-corrected chi connectivity index (χ4v) is 1.29. The van der Waals surface area contributed by atoms with Crippen molar-refractivity contribution in [1.29, 1.82) is 0 Å². The van der Waals surface area contributed by atoms with Crippen LogP contribution in [0.5, 0.6) is 0 Å². The van der Waals surface area contributed by atoms with Gasteiger partial charge in [-0.05, 0) is 7.05 Å². The Morgan fingerprint density at radius 3 is 2.62 bits per heavy atom. The van der Waals surface area contributed by atoms with E-state index in [0.29, 0.717) is 12.2 Å². The van der Waals surface area contributed by atoms with E-state index in [1.165, 1.54) is 9.13 Å². The number of hydrogen-bond acceptors (Lipinski definition) is 3. The molecule has 1 atom stereocenters. The van der Waals surface area contributed by atoms with Crippen molar-refractivity contribution in [2.45, 2.75) is 6.10 Å². The van der Waals surface area contributed by atoms with Crippen molar-refractivity contribution in [3.05, 3.63) is 22.4 Å². The highest BCUT2D eigenvalue weighted by molar-refractivity contribution is 5.04. The average Bonchev–Trinajstić information content (AvgIpc) is 2.33. The van der Waals surface area contributed by atoms with E-state index in [9.17, 15) is 9.90 Å². The molecule has 74 valence electrons. The van der Waals surface area contributed by atoms with E-state index in [4.69, 9.17) is 0 Å². The SMILES string of the molecule is CNCC(O)c1cn(C)c(=O)n1C. The minimum absolute atomic E-state index is 0.120. The van der Waals surface area contributed by atoms with Gasteiger partial charge in [-0.15, -0.1) is 0 Å². The second-order valence-electron chi connectivity index (χ2n) is 3.08. The van der Waals surface area contributed by atoms with Crippen molar-refractivity contribution < 1.29 is 5.11 Å². The van der Waals surface area contributed by atoms with E-state index in [0.717, 1.165) is 0 Å². The third-order valence-electron chi connectivity index (χ3n) is 2.04. The molecule has 0 fully saturated rings. The second-order valence-corrected chi connectivity index (χ2v) is 3.08. The van der Waals surface area contributed by atoms with Gasteiger partial charge in [0, 0.05) is 26.8 Å². The smallest absolute Gasteiger partial charge is 0.327 e. The normalized spacial score (nSPS) is 13.2. The predicted molar refractivity (Wildman–Crippen MR) is 49.5 cm³/mol. The van der Waals surface area contributed by atoms with Crippen LogP contribution in [0.4, 0.5) is 0 Å². The zero-order valence-corrected chi connectivity index (χ0v) is 8.11. The Balaban J connectivity index is 3.01. The van der Waals surface area contributed by atoms with Crippen LogP contribution in [0.25, 0.3) is 0 Å². The topological polar surface area (TPSA) is 59.2 Å². The van der Waals surface area contributed by atoms with Crippen LogP contribution in [0, 0.1) is 0 Å². The quantitative estimate of drug-likeness (QED) is 0.633. The number of aliphatic hydroxyl groups is 1. The molecule has 0 saturated heterocycles. The summed E-state index contributed by atoms with van der Waals surface area (Å²) < 4.78 is 2.90. The van der Waals surface area contributed by atoms with Crippen molar-refractivity contribution >= 4 is 0 Å². The Hall–Kier alpha value is -1.07. The highest BCUT2D eigenvalue weighted by atomic mass is 16.3. The summed E-state index contributed by atoms with van der Waals surface area (Å²) in [5, 5.41) is 12.5. The van der Waals surface area contributed by atoms with Crippen LogP contribution in [0.2, 0.25) is 0 Å². The van der Waals surface area contributed by atoms with Crippen LogP contribution in [0.1, 0.15) is 11.8 Å². The number of rotatable bonds is 3. The van der Waals surface area contributed by atoms with Gasteiger partial charge in [-0.2, -0.15) is 0 Å². The van der Waals surface area contributed by atoms with Crippen LogP contribution in [0.3, 0.4) is 0 Å². The number of imidazole rings is 1. The lowest BCUT2D eigenvalue weighted by atomic mass is 10.3. The average molecular weight is 185 g/mol. The molecule has 1 heterocycles. The number of aromatic nitrogens is 2. The lowest BCUT2D eigenvalue weighted by Gasteiger charge is -2.08. The maximum Gasteiger partial charge on any atom is 0.327 e. The number of likely N-dealkylation sites (N-methyl/N-ethyl adjacent to an activating group) is 1. The largest absolute Gasteiger partial charge is 0.385 e. The van der Waals surface area contributed by atoms with E-state index in [-0.39, 0.29) is 5.69 Å². The highest BCUT2D eigenvalue weighted by Gasteiger charge is 2.13. The minimum Gasteiger partial charge on any atom is -0.385 e.